The standard InChI is InChI=1S/C33H30N6O6/c1-15(2)24-31-39-25(30-35-18(13-34)14-43-30)27(45-31)33-19-7-5-6-8-21(19)37-32(33)44-23-10-9-17(11-20(23)33)12-22(28(41)38-24)36-29(42)26(40)16(3)4/h5-11,14,16,22,24,26,32,37,40H,1,12H2,2-4H3,(H,36,42)(H,38,41)/t22-,24?,26-,32?,33?/m0/s1. The number of nitriles is 1. The van der Waals surface area contributed by atoms with E-state index >= 15 is 0 Å². The third kappa shape index (κ3) is 4.30. The molecule has 0 fully saturated rings. The average Bonchev–Trinajstić information content (AvgIpc) is 3.79. The number of anilines is 1. The van der Waals surface area contributed by atoms with Gasteiger partial charge in [-0.25, -0.2) is 4.98 Å². The molecule has 2 aromatic heterocycles. The number of oxazole rings is 2. The molecule has 0 aliphatic carbocycles. The minimum Gasteiger partial charge on any atom is -0.469 e. The summed E-state index contributed by atoms with van der Waals surface area (Å²) in [6, 6.07) is 13.4. The molecular formula is C33H30N6O6. The summed E-state index contributed by atoms with van der Waals surface area (Å²) in [5.74, 6) is -0.416. The minimum atomic E-state index is -1.30. The quantitative estimate of drug-likeness (QED) is 0.246. The molecule has 4 bridgehead atoms. The predicted octanol–water partition coefficient (Wildman–Crippen LogP) is 3.47. The van der Waals surface area contributed by atoms with Crippen molar-refractivity contribution in [2.24, 2.45) is 5.92 Å². The normalized spacial score (nSPS) is 23.3. The van der Waals surface area contributed by atoms with E-state index in [1.165, 1.54) is 6.26 Å². The van der Waals surface area contributed by atoms with E-state index in [1.54, 1.807) is 20.8 Å². The van der Waals surface area contributed by atoms with Crippen LogP contribution in [0.1, 0.15) is 60.8 Å². The average molecular weight is 607 g/mol. The molecule has 5 heterocycles. The Kier molecular flexibility index (Phi) is 6.52. The molecule has 2 aromatic carbocycles. The Bertz CT molecular complexity index is 1920. The number of aliphatic hydroxyl groups is 1. The monoisotopic (exact) mass is 606 g/mol. The minimum absolute atomic E-state index is 0.0631. The van der Waals surface area contributed by atoms with Gasteiger partial charge in [0.15, 0.2) is 23.4 Å². The molecule has 228 valence electrons. The van der Waals surface area contributed by atoms with Gasteiger partial charge in [-0.05, 0) is 41.7 Å². The predicted molar refractivity (Wildman–Crippen MR) is 160 cm³/mol. The molecule has 7 rings (SSSR count). The summed E-state index contributed by atoms with van der Waals surface area (Å²) in [6.45, 7) is 9.25. The summed E-state index contributed by atoms with van der Waals surface area (Å²) in [6.07, 6.45) is -0.585. The molecule has 3 unspecified atom stereocenters. The number of para-hydroxylation sites is 1. The van der Waals surface area contributed by atoms with Gasteiger partial charge in [0.1, 0.15) is 41.7 Å². The lowest BCUT2D eigenvalue weighted by Gasteiger charge is -2.28. The summed E-state index contributed by atoms with van der Waals surface area (Å²) in [5, 5.41) is 29.1. The fourth-order valence-corrected chi connectivity index (χ4v) is 6.30. The lowest BCUT2D eigenvalue weighted by Crippen LogP contribution is -2.52. The van der Waals surface area contributed by atoms with E-state index in [1.807, 2.05) is 48.5 Å². The molecule has 0 saturated carbocycles. The third-order valence-electron chi connectivity index (χ3n) is 8.57. The van der Waals surface area contributed by atoms with Gasteiger partial charge in [0, 0.05) is 17.7 Å². The van der Waals surface area contributed by atoms with Crippen molar-refractivity contribution in [3.05, 3.63) is 94.9 Å². The number of hydrogen-bond acceptors (Lipinski definition) is 10. The number of nitrogens with one attached hydrogen (secondary N) is 3. The number of rotatable bonds is 5. The summed E-state index contributed by atoms with van der Waals surface area (Å²) in [4.78, 5) is 36.0. The van der Waals surface area contributed by atoms with Crippen LogP contribution in [0.2, 0.25) is 0 Å². The molecule has 12 nitrogen and oxygen atoms in total. The Hall–Kier alpha value is -5.41. The van der Waals surface area contributed by atoms with Crippen molar-refractivity contribution in [3.8, 4) is 23.4 Å². The van der Waals surface area contributed by atoms with Crippen molar-refractivity contribution in [1.82, 2.24) is 20.6 Å². The SMILES string of the molecule is C=C(C)C1NC(=O)[C@@H](NC(=O)[C@@H](O)C(C)C)Cc2ccc3c(c2)C2(c4ccccc4NC2O3)c2oc1nc2-c1nc(C#N)co1. The summed E-state index contributed by atoms with van der Waals surface area (Å²) < 4.78 is 18.9. The molecule has 12 heteroatoms. The number of benzene rings is 2. The summed E-state index contributed by atoms with van der Waals surface area (Å²) >= 11 is 0. The molecule has 1 spiro atoms. The third-order valence-corrected chi connectivity index (χ3v) is 8.57. The van der Waals surface area contributed by atoms with E-state index in [4.69, 9.17) is 18.6 Å². The van der Waals surface area contributed by atoms with E-state index in [9.17, 15) is 20.0 Å². The molecule has 0 radical (unpaired) electrons. The fourth-order valence-electron chi connectivity index (χ4n) is 6.30. The Morgan fingerprint density at radius 2 is 2.00 bits per heavy atom. The van der Waals surface area contributed by atoms with Crippen molar-refractivity contribution in [3.63, 3.8) is 0 Å². The number of carbonyl (C=O) groups is 2. The summed E-state index contributed by atoms with van der Waals surface area (Å²) in [5.41, 5.74) is 2.90. The number of fused-ring (bicyclic) bond motifs is 4. The van der Waals surface area contributed by atoms with Gasteiger partial charge in [0.25, 0.3) is 0 Å². The van der Waals surface area contributed by atoms with Crippen LogP contribution in [0.15, 0.2) is 69.7 Å². The van der Waals surface area contributed by atoms with E-state index in [2.05, 4.69) is 27.5 Å². The first-order chi connectivity index (χ1) is 21.6. The van der Waals surface area contributed by atoms with Crippen LogP contribution in [0, 0.1) is 17.2 Å². The second kappa shape index (κ2) is 10.3. The van der Waals surface area contributed by atoms with Crippen molar-refractivity contribution < 1.29 is 28.3 Å². The Morgan fingerprint density at radius 3 is 2.73 bits per heavy atom. The second-order valence-corrected chi connectivity index (χ2v) is 11.9. The van der Waals surface area contributed by atoms with Crippen LogP contribution in [-0.4, -0.2) is 45.3 Å². The maximum Gasteiger partial charge on any atom is 0.250 e. The van der Waals surface area contributed by atoms with Crippen molar-refractivity contribution in [1.29, 1.82) is 5.26 Å². The number of aliphatic hydroxyl groups excluding tert-OH is 1. The second-order valence-electron chi connectivity index (χ2n) is 11.9. The van der Waals surface area contributed by atoms with Crippen molar-refractivity contribution in [2.45, 2.75) is 57.0 Å². The van der Waals surface area contributed by atoms with Gasteiger partial charge in [-0.15, -0.1) is 0 Å². The smallest absolute Gasteiger partial charge is 0.250 e. The van der Waals surface area contributed by atoms with Crippen LogP contribution in [-0.2, 0) is 21.4 Å². The van der Waals surface area contributed by atoms with Crippen LogP contribution < -0.4 is 20.7 Å². The van der Waals surface area contributed by atoms with Gasteiger partial charge >= 0.3 is 0 Å². The molecule has 2 amide bonds. The van der Waals surface area contributed by atoms with Crippen LogP contribution in [0.25, 0.3) is 11.6 Å². The molecule has 4 N–H and O–H groups in total. The van der Waals surface area contributed by atoms with Gasteiger partial charge in [-0.1, -0.05) is 50.8 Å². The topological polar surface area (TPSA) is 176 Å². The zero-order valence-electron chi connectivity index (χ0n) is 24.7. The van der Waals surface area contributed by atoms with Crippen LogP contribution >= 0.6 is 0 Å². The highest BCUT2D eigenvalue weighted by molar-refractivity contribution is 5.90. The van der Waals surface area contributed by atoms with Crippen LogP contribution in [0.4, 0.5) is 5.69 Å². The molecule has 45 heavy (non-hydrogen) atoms. The molecule has 0 saturated heterocycles. The van der Waals surface area contributed by atoms with Gasteiger partial charge in [0.05, 0.1) is 0 Å². The number of nitrogens with zero attached hydrogens (tertiary/aromatic N) is 3. The van der Waals surface area contributed by atoms with E-state index in [0.29, 0.717) is 17.1 Å². The van der Waals surface area contributed by atoms with Crippen LogP contribution in [0.5, 0.6) is 5.75 Å². The molecule has 3 aliphatic rings. The van der Waals surface area contributed by atoms with E-state index in [-0.39, 0.29) is 35.5 Å². The highest BCUT2D eigenvalue weighted by Crippen LogP contribution is 2.59. The highest BCUT2D eigenvalue weighted by Gasteiger charge is 2.61. The number of hydrogen-bond donors (Lipinski definition) is 4. The van der Waals surface area contributed by atoms with Gasteiger partial charge in [0.2, 0.25) is 23.6 Å². The zero-order valence-corrected chi connectivity index (χ0v) is 24.7. The van der Waals surface area contributed by atoms with Crippen LogP contribution in [0.3, 0.4) is 0 Å². The van der Waals surface area contributed by atoms with Crippen molar-refractivity contribution >= 4 is 17.5 Å². The lowest BCUT2D eigenvalue weighted by atomic mass is 9.72. The molecule has 5 atom stereocenters. The Balaban J connectivity index is 1.49. The largest absolute Gasteiger partial charge is 0.469 e. The first-order valence-corrected chi connectivity index (χ1v) is 14.6. The number of carbonyl (C=O) groups excluding carboxylic acids is 2. The maximum atomic E-state index is 13.9. The lowest BCUT2D eigenvalue weighted by molar-refractivity contribution is -0.135. The Morgan fingerprint density at radius 1 is 1.20 bits per heavy atom. The van der Waals surface area contributed by atoms with E-state index in [0.717, 1.165) is 22.4 Å². The van der Waals surface area contributed by atoms with Gasteiger partial charge < -0.3 is 34.6 Å². The first-order valence-electron chi connectivity index (χ1n) is 14.6. The zero-order chi connectivity index (χ0) is 31.6. The number of amides is 2. The number of ether oxygens (including phenoxy) is 1. The van der Waals surface area contributed by atoms with Crippen molar-refractivity contribution in [2.75, 3.05) is 5.32 Å². The molecule has 4 aromatic rings. The number of aromatic nitrogens is 2. The Labute approximate surface area is 258 Å². The fraction of sp³-hybridized carbons (Fsp3) is 0.303. The highest BCUT2D eigenvalue weighted by atomic mass is 16.5. The van der Waals surface area contributed by atoms with Gasteiger partial charge in [-0.3, -0.25) is 9.59 Å². The first kappa shape index (κ1) is 28.4. The van der Waals surface area contributed by atoms with Gasteiger partial charge in [-0.2, -0.15) is 10.2 Å². The van der Waals surface area contributed by atoms with E-state index < -0.39 is 41.6 Å². The molecular weight excluding hydrogens is 576 g/mol. The maximum absolute atomic E-state index is 13.9. The summed E-state index contributed by atoms with van der Waals surface area (Å²) in [7, 11) is 0. The molecule has 3 aliphatic heterocycles.